The number of hydrogen-bond donors (Lipinski definition) is 1. The van der Waals surface area contributed by atoms with E-state index in [0.717, 1.165) is 5.56 Å². The normalized spacial score (nSPS) is 12.2. The quantitative estimate of drug-likeness (QED) is 0.344. The molecule has 0 spiro atoms. The Balaban J connectivity index is 1.98. The van der Waals surface area contributed by atoms with Crippen molar-refractivity contribution in [2.75, 3.05) is 27.1 Å². The van der Waals surface area contributed by atoms with Gasteiger partial charge in [-0.05, 0) is 26.3 Å². The summed E-state index contributed by atoms with van der Waals surface area (Å²) in [6, 6.07) is 10.2. The van der Waals surface area contributed by atoms with Gasteiger partial charge in [-0.25, -0.2) is 14.6 Å². The van der Waals surface area contributed by atoms with E-state index in [2.05, 4.69) is 10.3 Å². The van der Waals surface area contributed by atoms with Crippen LogP contribution < -0.4 is 14.8 Å². The standard InChI is InChI=1S/C24H30N2O8/c1-5-31-14-20(27)32-15-33-22-19(30-4)11-12-25-21(22)23(28)26-17(3)24(29)34-16(2)13-18-9-7-6-8-10-18/h6-12,16-17H,5,13-15H2,1-4H3,(H,26,28)/t16-,17-/m0/s1. The number of pyridine rings is 1. The van der Waals surface area contributed by atoms with Gasteiger partial charge in [-0.15, -0.1) is 0 Å². The summed E-state index contributed by atoms with van der Waals surface area (Å²) >= 11 is 0. The fraction of sp³-hybridized carbons (Fsp3) is 0.417. The van der Waals surface area contributed by atoms with Crippen LogP contribution in [0.25, 0.3) is 0 Å². The molecule has 2 rings (SSSR count). The minimum atomic E-state index is -0.949. The molecule has 1 amide bonds. The number of nitrogens with zero attached hydrogens (tertiary/aromatic N) is 1. The summed E-state index contributed by atoms with van der Waals surface area (Å²) in [6.07, 6.45) is 1.52. The first-order chi connectivity index (χ1) is 16.3. The maximum Gasteiger partial charge on any atom is 0.334 e. The number of aromatic nitrogens is 1. The molecule has 10 heteroatoms. The van der Waals surface area contributed by atoms with Crippen molar-refractivity contribution < 1.29 is 38.1 Å². The van der Waals surface area contributed by atoms with Gasteiger partial charge in [0.15, 0.2) is 17.2 Å². The molecule has 0 fully saturated rings. The van der Waals surface area contributed by atoms with E-state index in [1.165, 1.54) is 26.3 Å². The number of ether oxygens (including phenoxy) is 5. The van der Waals surface area contributed by atoms with Gasteiger partial charge >= 0.3 is 11.9 Å². The number of hydrogen-bond acceptors (Lipinski definition) is 9. The minimum Gasteiger partial charge on any atom is -0.493 e. The van der Waals surface area contributed by atoms with Crippen LogP contribution in [-0.4, -0.2) is 62.1 Å². The molecule has 0 aliphatic rings. The van der Waals surface area contributed by atoms with Gasteiger partial charge in [0.25, 0.3) is 5.91 Å². The molecule has 34 heavy (non-hydrogen) atoms. The predicted octanol–water partition coefficient (Wildman–Crippen LogP) is 2.30. The van der Waals surface area contributed by atoms with E-state index in [4.69, 9.17) is 23.7 Å². The Morgan fingerprint density at radius 3 is 2.50 bits per heavy atom. The lowest BCUT2D eigenvalue weighted by molar-refractivity contribution is -0.155. The van der Waals surface area contributed by atoms with Crippen LogP contribution in [-0.2, 0) is 30.2 Å². The highest BCUT2D eigenvalue weighted by molar-refractivity contribution is 5.98. The average molecular weight is 475 g/mol. The Morgan fingerprint density at radius 1 is 1.09 bits per heavy atom. The second kappa shape index (κ2) is 13.8. The van der Waals surface area contributed by atoms with Crippen LogP contribution in [0.4, 0.5) is 0 Å². The molecule has 0 bridgehead atoms. The summed E-state index contributed by atoms with van der Waals surface area (Å²) in [5, 5.41) is 2.54. The second-order valence-electron chi connectivity index (χ2n) is 7.24. The molecule has 2 aromatic rings. The minimum absolute atomic E-state index is 0.0373. The van der Waals surface area contributed by atoms with Crippen molar-refractivity contribution in [2.45, 2.75) is 39.3 Å². The first kappa shape index (κ1) is 26.6. The Morgan fingerprint density at radius 2 is 1.82 bits per heavy atom. The first-order valence-electron chi connectivity index (χ1n) is 10.8. The average Bonchev–Trinajstić information content (AvgIpc) is 2.83. The molecule has 0 saturated heterocycles. The van der Waals surface area contributed by atoms with Gasteiger partial charge in [-0.2, -0.15) is 0 Å². The number of methoxy groups -OCH3 is 1. The smallest absolute Gasteiger partial charge is 0.334 e. The monoisotopic (exact) mass is 474 g/mol. The van der Waals surface area contributed by atoms with Crippen molar-refractivity contribution in [1.29, 1.82) is 0 Å². The van der Waals surface area contributed by atoms with Crippen molar-refractivity contribution >= 4 is 17.8 Å². The zero-order chi connectivity index (χ0) is 24.9. The number of esters is 2. The third-order valence-electron chi connectivity index (χ3n) is 4.54. The molecule has 184 valence electrons. The fourth-order valence-electron chi connectivity index (χ4n) is 2.89. The summed E-state index contributed by atoms with van der Waals surface area (Å²) in [6.45, 7) is 4.69. The van der Waals surface area contributed by atoms with Crippen LogP contribution >= 0.6 is 0 Å². The lowest BCUT2D eigenvalue weighted by Crippen LogP contribution is -2.41. The lowest BCUT2D eigenvalue weighted by Gasteiger charge is -2.19. The van der Waals surface area contributed by atoms with Gasteiger partial charge < -0.3 is 29.0 Å². The number of carbonyl (C=O) groups excluding carboxylic acids is 3. The Hall–Kier alpha value is -3.66. The van der Waals surface area contributed by atoms with E-state index in [1.807, 2.05) is 30.3 Å². The summed E-state index contributed by atoms with van der Waals surface area (Å²) in [7, 11) is 1.39. The Bertz CT molecular complexity index is 951. The highest BCUT2D eigenvalue weighted by Gasteiger charge is 2.25. The maximum atomic E-state index is 12.8. The van der Waals surface area contributed by atoms with Gasteiger partial charge in [-0.1, -0.05) is 30.3 Å². The van der Waals surface area contributed by atoms with Crippen LogP contribution in [0.15, 0.2) is 42.6 Å². The van der Waals surface area contributed by atoms with Gasteiger partial charge in [0, 0.05) is 25.3 Å². The summed E-state index contributed by atoms with van der Waals surface area (Å²) in [4.78, 5) is 40.9. The van der Waals surface area contributed by atoms with Crippen molar-refractivity contribution in [1.82, 2.24) is 10.3 Å². The SMILES string of the molecule is CCOCC(=O)OCOc1c(OC)ccnc1C(=O)N[C@@H](C)C(=O)O[C@@H](C)Cc1ccccc1. The van der Waals surface area contributed by atoms with Gasteiger partial charge in [-0.3, -0.25) is 4.79 Å². The van der Waals surface area contributed by atoms with E-state index in [0.29, 0.717) is 13.0 Å². The maximum absolute atomic E-state index is 12.8. The molecule has 2 atom stereocenters. The van der Waals surface area contributed by atoms with Crippen LogP contribution in [0.1, 0.15) is 36.8 Å². The van der Waals surface area contributed by atoms with E-state index < -0.39 is 30.7 Å². The molecule has 0 unspecified atom stereocenters. The largest absolute Gasteiger partial charge is 0.493 e. The summed E-state index contributed by atoms with van der Waals surface area (Å²) in [5.41, 5.74) is 0.890. The van der Waals surface area contributed by atoms with Crippen LogP contribution in [0.3, 0.4) is 0 Å². The van der Waals surface area contributed by atoms with E-state index in [9.17, 15) is 14.4 Å². The molecule has 0 radical (unpaired) electrons. The van der Waals surface area contributed by atoms with Gasteiger partial charge in [0.1, 0.15) is 18.8 Å². The predicted molar refractivity (Wildman–Crippen MR) is 121 cm³/mol. The van der Waals surface area contributed by atoms with E-state index in [-0.39, 0.29) is 29.9 Å². The van der Waals surface area contributed by atoms with Crippen molar-refractivity contribution in [3.8, 4) is 11.5 Å². The first-order valence-corrected chi connectivity index (χ1v) is 10.8. The number of rotatable bonds is 13. The van der Waals surface area contributed by atoms with E-state index in [1.54, 1.807) is 13.8 Å². The van der Waals surface area contributed by atoms with Crippen molar-refractivity contribution in [3.05, 3.63) is 53.9 Å². The Kier molecular flexibility index (Phi) is 10.8. The molecule has 1 aromatic heterocycles. The summed E-state index contributed by atoms with van der Waals surface area (Å²) < 4.78 is 26.0. The van der Waals surface area contributed by atoms with Crippen LogP contribution in [0.2, 0.25) is 0 Å². The van der Waals surface area contributed by atoms with Crippen molar-refractivity contribution in [2.24, 2.45) is 0 Å². The molecule has 1 N–H and O–H groups in total. The number of benzene rings is 1. The molecule has 10 nitrogen and oxygen atoms in total. The fourth-order valence-corrected chi connectivity index (χ4v) is 2.89. The lowest BCUT2D eigenvalue weighted by atomic mass is 10.1. The third kappa shape index (κ3) is 8.36. The van der Waals surface area contributed by atoms with Crippen LogP contribution in [0.5, 0.6) is 11.5 Å². The summed E-state index contributed by atoms with van der Waals surface area (Å²) in [5.74, 6) is -1.74. The topological polar surface area (TPSA) is 122 Å². The second-order valence-corrected chi connectivity index (χ2v) is 7.24. The molecule has 0 aliphatic carbocycles. The molecular formula is C24H30N2O8. The molecule has 1 aromatic carbocycles. The zero-order valence-corrected chi connectivity index (χ0v) is 19.7. The van der Waals surface area contributed by atoms with Gasteiger partial charge in [0.05, 0.1) is 7.11 Å². The Labute approximate surface area is 198 Å². The highest BCUT2D eigenvalue weighted by Crippen LogP contribution is 2.29. The number of amides is 1. The van der Waals surface area contributed by atoms with Crippen molar-refractivity contribution in [3.63, 3.8) is 0 Å². The molecular weight excluding hydrogens is 444 g/mol. The number of carbonyl (C=O) groups is 3. The molecule has 0 aliphatic heterocycles. The molecule has 0 saturated carbocycles. The highest BCUT2D eigenvalue weighted by atomic mass is 16.7. The molecule has 1 heterocycles. The van der Waals surface area contributed by atoms with E-state index >= 15 is 0 Å². The number of nitrogens with one attached hydrogen (secondary N) is 1. The zero-order valence-electron chi connectivity index (χ0n) is 19.7. The van der Waals surface area contributed by atoms with Gasteiger partial charge in [0.2, 0.25) is 6.79 Å². The third-order valence-corrected chi connectivity index (χ3v) is 4.54. The van der Waals surface area contributed by atoms with Crippen LogP contribution in [0, 0.1) is 0 Å².